The largest absolute Gasteiger partial charge is 0.367 e. The molecule has 1 atom stereocenters. The maximum atomic E-state index is 14.1. The molecule has 3 heterocycles. The normalized spacial score (nSPS) is 21.0. The topological polar surface area (TPSA) is 39.7 Å². The molecule has 1 aromatic heterocycles. The summed E-state index contributed by atoms with van der Waals surface area (Å²) in [6, 6.07) is 12.9. The van der Waals surface area contributed by atoms with Crippen molar-refractivity contribution in [3.63, 3.8) is 0 Å². The van der Waals surface area contributed by atoms with E-state index in [4.69, 9.17) is 0 Å². The molecule has 6 heteroatoms. The lowest BCUT2D eigenvalue weighted by Gasteiger charge is -2.43. The number of para-hydroxylation sites is 1. The maximum absolute atomic E-state index is 14.1. The van der Waals surface area contributed by atoms with E-state index >= 15 is 0 Å². The van der Waals surface area contributed by atoms with Crippen molar-refractivity contribution in [2.24, 2.45) is 0 Å². The number of piperidine rings is 1. The second-order valence-electron chi connectivity index (χ2n) is 7.69. The summed E-state index contributed by atoms with van der Waals surface area (Å²) < 4.78 is 14.1. The van der Waals surface area contributed by atoms with Crippen LogP contribution in [0.5, 0.6) is 0 Å². The van der Waals surface area contributed by atoms with Gasteiger partial charge in [0.2, 0.25) is 0 Å². The average molecular weight is 382 g/mol. The standard InChI is InChI=1S/C22H27FN4O/c1-17-6-4-9-20(24-17)22(28)27-11-5-7-18(16-27)25-12-14-26(15-13-25)21-10-3-2-8-19(21)23/h2-4,6,8-10,18H,5,7,11-16H2,1H3/t18-/m1/s1. The molecule has 1 amide bonds. The number of anilines is 1. The van der Waals surface area contributed by atoms with Crippen LogP contribution in [0.1, 0.15) is 29.0 Å². The van der Waals surface area contributed by atoms with E-state index in [0.29, 0.717) is 17.4 Å². The molecule has 148 valence electrons. The van der Waals surface area contributed by atoms with Crippen molar-refractivity contribution in [1.82, 2.24) is 14.8 Å². The molecule has 0 unspecified atom stereocenters. The number of benzene rings is 1. The Morgan fingerprint density at radius 1 is 1.04 bits per heavy atom. The summed E-state index contributed by atoms with van der Waals surface area (Å²) in [5.41, 5.74) is 2.09. The van der Waals surface area contributed by atoms with E-state index in [9.17, 15) is 9.18 Å². The lowest BCUT2D eigenvalue weighted by Crippen LogP contribution is -2.56. The number of aryl methyl sites for hydroxylation is 1. The monoisotopic (exact) mass is 382 g/mol. The molecule has 1 aromatic carbocycles. The van der Waals surface area contributed by atoms with Gasteiger partial charge in [-0.2, -0.15) is 0 Å². The van der Waals surface area contributed by atoms with Crippen molar-refractivity contribution >= 4 is 11.6 Å². The quantitative estimate of drug-likeness (QED) is 0.818. The number of aromatic nitrogens is 1. The van der Waals surface area contributed by atoms with Crippen LogP contribution in [0, 0.1) is 12.7 Å². The highest BCUT2D eigenvalue weighted by atomic mass is 19.1. The fourth-order valence-electron chi connectivity index (χ4n) is 4.30. The summed E-state index contributed by atoms with van der Waals surface area (Å²) in [4.78, 5) is 23.8. The molecule has 0 spiro atoms. The zero-order valence-corrected chi connectivity index (χ0v) is 16.4. The molecule has 2 aromatic rings. The molecule has 4 rings (SSSR count). The summed E-state index contributed by atoms with van der Waals surface area (Å²) in [6.07, 6.45) is 2.11. The van der Waals surface area contributed by atoms with Crippen LogP contribution in [0.2, 0.25) is 0 Å². The van der Waals surface area contributed by atoms with Gasteiger partial charge in [0.1, 0.15) is 11.5 Å². The summed E-state index contributed by atoms with van der Waals surface area (Å²) in [5, 5.41) is 0. The van der Waals surface area contributed by atoms with Crippen LogP contribution in [0.25, 0.3) is 0 Å². The first-order valence-corrected chi connectivity index (χ1v) is 10.1. The second-order valence-corrected chi connectivity index (χ2v) is 7.69. The zero-order chi connectivity index (χ0) is 19.5. The van der Waals surface area contributed by atoms with Crippen molar-refractivity contribution in [1.29, 1.82) is 0 Å². The molecule has 0 bridgehead atoms. The lowest BCUT2D eigenvalue weighted by molar-refractivity contribution is 0.0558. The van der Waals surface area contributed by atoms with Gasteiger partial charge >= 0.3 is 0 Å². The fraction of sp³-hybridized carbons (Fsp3) is 0.455. The van der Waals surface area contributed by atoms with Gasteiger partial charge in [-0.15, -0.1) is 0 Å². The third-order valence-corrected chi connectivity index (χ3v) is 5.81. The molecule has 2 aliphatic heterocycles. The highest BCUT2D eigenvalue weighted by Crippen LogP contribution is 2.23. The molecular formula is C22H27FN4O. The third kappa shape index (κ3) is 4.02. The Morgan fingerprint density at radius 3 is 2.57 bits per heavy atom. The van der Waals surface area contributed by atoms with E-state index in [0.717, 1.165) is 57.8 Å². The Hall–Kier alpha value is -2.47. The van der Waals surface area contributed by atoms with Crippen molar-refractivity contribution in [2.45, 2.75) is 25.8 Å². The van der Waals surface area contributed by atoms with Crippen LogP contribution in [0.3, 0.4) is 0 Å². The van der Waals surface area contributed by atoms with Gasteiger partial charge in [-0.1, -0.05) is 18.2 Å². The number of amides is 1. The van der Waals surface area contributed by atoms with Gasteiger partial charge in [0, 0.05) is 51.0 Å². The number of hydrogen-bond acceptors (Lipinski definition) is 4. The van der Waals surface area contributed by atoms with E-state index < -0.39 is 0 Å². The van der Waals surface area contributed by atoms with Crippen LogP contribution in [-0.2, 0) is 0 Å². The second kappa shape index (κ2) is 8.27. The van der Waals surface area contributed by atoms with Crippen molar-refractivity contribution in [2.75, 3.05) is 44.2 Å². The summed E-state index contributed by atoms with van der Waals surface area (Å²) in [7, 11) is 0. The minimum Gasteiger partial charge on any atom is -0.367 e. The SMILES string of the molecule is Cc1cccc(C(=O)N2CCC[C@@H](N3CCN(c4ccccc4F)CC3)C2)n1. The highest BCUT2D eigenvalue weighted by Gasteiger charge is 2.31. The van der Waals surface area contributed by atoms with Gasteiger partial charge < -0.3 is 9.80 Å². The average Bonchev–Trinajstić information content (AvgIpc) is 2.74. The van der Waals surface area contributed by atoms with Crippen LogP contribution < -0.4 is 4.90 Å². The number of likely N-dealkylation sites (tertiary alicyclic amines) is 1. The van der Waals surface area contributed by atoms with Gasteiger partial charge in [-0.05, 0) is 44.0 Å². The fourth-order valence-corrected chi connectivity index (χ4v) is 4.30. The Balaban J connectivity index is 1.37. The Labute approximate surface area is 165 Å². The van der Waals surface area contributed by atoms with E-state index in [1.165, 1.54) is 6.07 Å². The third-order valence-electron chi connectivity index (χ3n) is 5.81. The van der Waals surface area contributed by atoms with E-state index in [1.807, 2.05) is 36.1 Å². The van der Waals surface area contributed by atoms with E-state index in [-0.39, 0.29) is 11.7 Å². The Bertz CT molecular complexity index is 835. The van der Waals surface area contributed by atoms with E-state index in [1.54, 1.807) is 12.1 Å². The van der Waals surface area contributed by atoms with Gasteiger partial charge in [0.25, 0.3) is 5.91 Å². The molecule has 2 saturated heterocycles. The van der Waals surface area contributed by atoms with Gasteiger partial charge in [-0.25, -0.2) is 9.37 Å². The first-order chi connectivity index (χ1) is 13.6. The highest BCUT2D eigenvalue weighted by molar-refractivity contribution is 5.92. The van der Waals surface area contributed by atoms with Crippen LogP contribution >= 0.6 is 0 Å². The van der Waals surface area contributed by atoms with Crippen LogP contribution in [0.15, 0.2) is 42.5 Å². The molecule has 0 radical (unpaired) electrons. The molecule has 2 fully saturated rings. The molecule has 0 saturated carbocycles. The van der Waals surface area contributed by atoms with Crippen molar-refractivity contribution in [3.8, 4) is 0 Å². The molecule has 0 aliphatic carbocycles. The van der Waals surface area contributed by atoms with Crippen molar-refractivity contribution < 1.29 is 9.18 Å². The molecular weight excluding hydrogens is 355 g/mol. The minimum atomic E-state index is -0.156. The Kier molecular flexibility index (Phi) is 5.57. The zero-order valence-electron chi connectivity index (χ0n) is 16.4. The number of rotatable bonds is 3. The predicted molar refractivity (Wildman–Crippen MR) is 108 cm³/mol. The first kappa shape index (κ1) is 18.9. The first-order valence-electron chi connectivity index (χ1n) is 10.1. The molecule has 5 nitrogen and oxygen atoms in total. The van der Waals surface area contributed by atoms with Crippen LogP contribution in [0.4, 0.5) is 10.1 Å². The van der Waals surface area contributed by atoms with E-state index in [2.05, 4.69) is 14.8 Å². The number of pyridine rings is 1. The summed E-state index contributed by atoms with van der Waals surface area (Å²) in [6.45, 7) is 6.85. The summed E-state index contributed by atoms with van der Waals surface area (Å²) in [5.74, 6) is -0.130. The van der Waals surface area contributed by atoms with Gasteiger partial charge in [-0.3, -0.25) is 9.69 Å². The van der Waals surface area contributed by atoms with Crippen molar-refractivity contribution in [3.05, 3.63) is 59.7 Å². The van der Waals surface area contributed by atoms with Crippen LogP contribution in [-0.4, -0.2) is 66.0 Å². The number of piperazine rings is 1. The number of halogens is 1. The maximum Gasteiger partial charge on any atom is 0.272 e. The number of carbonyl (C=O) groups excluding carboxylic acids is 1. The number of nitrogens with zero attached hydrogens (tertiary/aromatic N) is 4. The molecule has 0 N–H and O–H groups in total. The number of hydrogen-bond donors (Lipinski definition) is 0. The molecule has 2 aliphatic rings. The van der Waals surface area contributed by atoms with Gasteiger partial charge in [0.15, 0.2) is 0 Å². The lowest BCUT2D eigenvalue weighted by atomic mass is 10.0. The smallest absolute Gasteiger partial charge is 0.272 e. The molecule has 28 heavy (non-hydrogen) atoms. The Morgan fingerprint density at radius 2 is 1.82 bits per heavy atom. The minimum absolute atomic E-state index is 0.0263. The van der Waals surface area contributed by atoms with Gasteiger partial charge in [0.05, 0.1) is 5.69 Å². The number of carbonyl (C=O) groups is 1. The summed E-state index contributed by atoms with van der Waals surface area (Å²) >= 11 is 0. The predicted octanol–water partition coefficient (Wildman–Crippen LogP) is 2.96.